The third-order valence-corrected chi connectivity index (χ3v) is 6.52. The zero-order valence-corrected chi connectivity index (χ0v) is 19.3. The van der Waals surface area contributed by atoms with Crippen LogP contribution in [0.1, 0.15) is 40.3 Å². The van der Waals surface area contributed by atoms with E-state index in [2.05, 4.69) is 50.7 Å². The number of aryl methyl sites for hydroxylation is 1. The highest BCUT2D eigenvalue weighted by molar-refractivity contribution is 7.80. The molecule has 0 amide bonds. The van der Waals surface area contributed by atoms with Crippen molar-refractivity contribution >= 4 is 17.3 Å². The van der Waals surface area contributed by atoms with E-state index in [1.165, 1.54) is 5.56 Å². The van der Waals surface area contributed by atoms with Gasteiger partial charge in [-0.25, -0.2) is 0 Å². The van der Waals surface area contributed by atoms with Crippen molar-refractivity contribution in [3.8, 4) is 11.4 Å². The third kappa shape index (κ3) is 3.96. The van der Waals surface area contributed by atoms with E-state index in [4.69, 9.17) is 12.2 Å². The minimum absolute atomic E-state index is 0.0373. The van der Waals surface area contributed by atoms with Gasteiger partial charge in [0.25, 0.3) is 0 Å². The van der Waals surface area contributed by atoms with Crippen LogP contribution in [0.15, 0.2) is 79.3 Å². The summed E-state index contributed by atoms with van der Waals surface area (Å²) in [6, 6.07) is 19.4. The first kappa shape index (κ1) is 21.2. The summed E-state index contributed by atoms with van der Waals surface area (Å²) >= 11 is 5.82. The van der Waals surface area contributed by atoms with Crippen LogP contribution in [0.4, 0.5) is 0 Å². The average Bonchev–Trinajstić information content (AvgIpc) is 3.31. The molecule has 3 aromatic heterocycles. The molecule has 0 saturated carbocycles. The van der Waals surface area contributed by atoms with Crippen LogP contribution in [0.2, 0.25) is 0 Å². The fraction of sp³-hybridized carbons (Fsp3) is 0.192. The lowest BCUT2D eigenvalue weighted by atomic mass is 9.96. The highest BCUT2D eigenvalue weighted by Crippen LogP contribution is 2.42. The fourth-order valence-electron chi connectivity index (χ4n) is 4.69. The van der Waals surface area contributed by atoms with Gasteiger partial charge in [-0.05, 0) is 85.7 Å². The Morgan fingerprint density at radius 3 is 2.55 bits per heavy atom. The van der Waals surface area contributed by atoms with Crippen molar-refractivity contribution in [3.63, 3.8) is 0 Å². The number of phenolic OH excluding ortho intramolecular Hbond substituents is 1. The molecular weight excluding hydrogens is 430 g/mol. The number of aromatic hydroxyl groups is 1. The van der Waals surface area contributed by atoms with Gasteiger partial charge in [-0.2, -0.15) is 0 Å². The van der Waals surface area contributed by atoms with Crippen LogP contribution in [-0.4, -0.2) is 29.7 Å². The van der Waals surface area contributed by atoms with E-state index in [-0.39, 0.29) is 17.8 Å². The van der Waals surface area contributed by atoms with Crippen molar-refractivity contribution < 1.29 is 5.11 Å². The van der Waals surface area contributed by atoms with Crippen LogP contribution < -0.4 is 5.32 Å². The van der Waals surface area contributed by atoms with Gasteiger partial charge in [0.2, 0.25) is 0 Å². The number of phenols is 1. The lowest BCUT2D eigenvalue weighted by molar-refractivity contribution is 0.310. The van der Waals surface area contributed by atoms with Crippen molar-refractivity contribution in [1.82, 2.24) is 24.8 Å². The highest BCUT2D eigenvalue weighted by Gasteiger charge is 2.41. The first-order chi connectivity index (χ1) is 16.0. The number of rotatable bonds is 5. The molecule has 1 fully saturated rings. The summed E-state index contributed by atoms with van der Waals surface area (Å²) in [4.78, 5) is 11.2. The highest BCUT2D eigenvalue weighted by atomic mass is 32.1. The predicted molar refractivity (Wildman–Crippen MR) is 132 cm³/mol. The topological polar surface area (TPSA) is 66.2 Å². The Bertz CT molecular complexity index is 1270. The first-order valence-corrected chi connectivity index (χ1v) is 11.3. The van der Waals surface area contributed by atoms with Crippen molar-refractivity contribution in [2.45, 2.75) is 32.5 Å². The number of nitrogens with one attached hydrogen (secondary N) is 1. The molecule has 4 aromatic rings. The normalized spacial score (nSPS) is 17.9. The summed E-state index contributed by atoms with van der Waals surface area (Å²) in [5.41, 5.74) is 6.50. The second-order valence-corrected chi connectivity index (χ2v) is 8.68. The van der Waals surface area contributed by atoms with Gasteiger partial charge in [0, 0.05) is 42.2 Å². The zero-order chi connectivity index (χ0) is 22.9. The molecule has 0 unspecified atom stereocenters. The van der Waals surface area contributed by atoms with E-state index in [1.807, 2.05) is 48.8 Å². The fourth-order valence-corrected chi connectivity index (χ4v) is 4.99. The molecule has 0 bridgehead atoms. The SMILES string of the molecule is Cc1cc([C@@H]2[C@H](c3ccccn3)NC(=S)N2Cc2cccnc2)c(C)n1-c1ccc(O)cc1. The summed E-state index contributed by atoms with van der Waals surface area (Å²) in [7, 11) is 0. The molecule has 5 rings (SSSR count). The monoisotopic (exact) mass is 455 g/mol. The Labute approximate surface area is 198 Å². The second kappa shape index (κ2) is 8.67. The molecular formula is C26H25N5OS. The predicted octanol–water partition coefficient (Wildman–Crippen LogP) is 4.76. The number of aromatic nitrogens is 3. The largest absolute Gasteiger partial charge is 0.508 e. The molecule has 4 heterocycles. The maximum absolute atomic E-state index is 9.73. The Morgan fingerprint density at radius 2 is 1.85 bits per heavy atom. The van der Waals surface area contributed by atoms with Gasteiger partial charge in [0.05, 0.1) is 17.8 Å². The summed E-state index contributed by atoms with van der Waals surface area (Å²) < 4.78 is 2.22. The van der Waals surface area contributed by atoms with Crippen LogP contribution in [0, 0.1) is 13.8 Å². The number of thiocarbonyl (C=S) groups is 1. The van der Waals surface area contributed by atoms with E-state index in [1.54, 1.807) is 18.3 Å². The molecule has 7 heteroatoms. The van der Waals surface area contributed by atoms with E-state index in [9.17, 15) is 5.11 Å². The van der Waals surface area contributed by atoms with Crippen LogP contribution in [0.3, 0.4) is 0 Å². The molecule has 166 valence electrons. The Morgan fingerprint density at radius 1 is 1.03 bits per heavy atom. The summed E-state index contributed by atoms with van der Waals surface area (Å²) in [5, 5.41) is 14.0. The van der Waals surface area contributed by atoms with Crippen molar-refractivity contribution in [1.29, 1.82) is 0 Å². The van der Waals surface area contributed by atoms with Gasteiger partial charge in [-0.3, -0.25) is 9.97 Å². The van der Waals surface area contributed by atoms with Gasteiger partial charge in [0.15, 0.2) is 5.11 Å². The van der Waals surface area contributed by atoms with Crippen molar-refractivity contribution in [2.24, 2.45) is 0 Å². The minimum atomic E-state index is -0.0795. The quantitative estimate of drug-likeness (QED) is 0.423. The Balaban J connectivity index is 1.61. The number of hydrogen-bond acceptors (Lipinski definition) is 4. The molecule has 2 atom stereocenters. The molecule has 1 aromatic carbocycles. The van der Waals surface area contributed by atoms with Gasteiger partial charge < -0.3 is 19.9 Å². The lowest BCUT2D eigenvalue weighted by Crippen LogP contribution is -2.29. The van der Waals surface area contributed by atoms with Crippen LogP contribution in [0.5, 0.6) is 5.75 Å². The smallest absolute Gasteiger partial charge is 0.170 e. The van der Waals surface area contributed by atoms with Crippen molar-refractivity contribution in [2.75, 3.05) is 0 Å². The maximum atomic E-state index is 9.73. The third-order valence-electron chi connectivity index (χ3n) is 6.17. The number of pyridine rings is 2. The minimum Gasteiger partial charge on any atom is -0.508 e. The molecule has 0 spiro atoms. The Kier molecular flexibility index (Phi) is 5.56. The number of nitrogens with zero attached hydrogens (tertiary/aromatic N) is 4. The summed E-state index contributed by atoms with van der Waals surface area (Å²) in [5.74, 6) is 0.254. The van der Waals surface area contributed by atoms with E-state index >= 15 is 0 Å². The van der Waals surface area contributed by atoms with Crippen LogP contribution in [-0.2, 0) is 6.54 Å². The summed E-state index contributed by atoms with van der Waals surface area (Å²) in [6.45, 7) is 4.89. The molecule has 1 aliphatic rings. The first-order valence-electron chi connectivity index (χ1n) is 10.9. The van der Waals surface area contributed by atoms with Crippen molar-refractivity contribution in [3.05, 3.63) is 107 Å². The zero-order valence-electron chi connectivity index (χ0n) is 18.5. The second-order valence-electron chi connectivity index (χ2n) is 8.29. The van der Waals surface area contributed by atoms with Gasteiger partial charge in [0.1, 0.15) is 5.75 Å². The van der Waals surface area contributed by atoms with E-state index in [0.29, 0.717) is 11.7 Å². The molecule has 2 N–H and O–H groups in total. The molecule has 0 radical (unpaired) electrons. The van der Waals surface area contributed by atoms with E-state index in [0.717, 1.165) is 28.3 Å². The van der Waals surface area contributed by atoms with Gasteiger partial charge >= 0.3 is 0 Å². The van der Waals surface area contributed by atoms with Crippen LogP contribution in [0.25, 0.3) is 5.69 Å². The molecule has 1 saturated heterocycles. The van der Waals surface area contributed by atoms with Gasteiger partial charge in [-0.15, -0.1) is 0 Å². The van der Waals surface area contributed by atoms with Gasteiger partial charge in [-0.1, -0.05) is 12.1 Å². The van der Waals surface area contributed by atoms with E-state index < -0.39 is 0 Å². The summed E-state index contributed by atoms with van der Waals surface area (Å²) in [6.07, 6.45) is 5.48. The Hall–Kier alpha value is -3.71. The number of benzene rings is 1. The van der Waals surface area contributed by atoms with Crippen LogP contribution >= 0.6 is 12.2 Å². The maximum Gasteiger partial charge on any atom is 0.170 e. The standard InChI is InChI=1S/C26H25N5OS/c1-17-14-22(18(2)31(17)20-8-10-21(32)11-9-20)25-24(23-7-3-4-13-28-23)29-26(33)30(25)16-19-6-5-12-27-15-19/h3-15,24-25,32H,16H2,1-2H3,(H,29,33)/t24-,25+/m0/s1. The molecule has 1 aliphatic heterocycles. The molecule has 0 aliphatic carbocycles. The number of hydrogen-bond donors (Lipinski definition) is 2. The average molecular weight is 456 g/mol. The molecule has 6 nitrogen and oxygen atoms in total. The lowest BCUT2D eigenvalue weighted by Gasteiger charge is -2.28. The molecule has 33 heavy (non-hydrogen) atoms.